The molecule has 1 aliphatic rings. The Bertz CT molecular complexity index is 710. The molecule has 4 nitrogen and oxygen atoms in total. The average molecular weight is 308 g/mol. The van der Waals surface area contributed by atoms with E-state index in [9.17, 15) is 4.79 Å². The molecule has 0 atom stereocenters. The first-order valence-electron chi connectivity index (χ1n) is 7.90. The molecule has 2 aromatic rings. The molecule has 0 saturated heterocycles. The van der Waals surface area contributed by atoms with Crippen LogP contribution in [-0.4, -0.2) is 36.3 Å². The van der Waals surface area contributed by atoms with E-state index < -0.39 is 0 Å². The lowest BCUT2D eigenvalue weighted by molar-refractivity contribution is 0.0856. The van der Waals surface area contributed by atoms with Crippen LogP contribution in [0.1, 0.15) is 22.8 Å². The molecule has 0 radical (unpaired) electrons. The highest BCUT2D eigenvalue weighted by Gasteiger charge is 2.24. The zero-order valence-electron chi connectivity index (χ0n) is 13.2. The molecule has 1 aliphatic heterocycles. The fourth-order valence-corrected chi connectivity index (χ4v) is 2.68. The van der Waals surface area contributed by atoms with Crippen molar-refractivity contribution in [3.05, 3.63) is 65.7 Å². The third-order valence-corrected chi connectivity index (χ3v) is 3.77. The number of amidine groups is 1. The molecule has 118 valence electrons. The van der Waals surface area contributed by atoms with Crippen molar-refractivity contribution in [1.82, 2.24) is 4.90 Å². The molecule has 0 N–H and O–H groups in total. The van der Waals surface area contributed by atoms with E-state index in [-0.39, 0.29) is 5.91 Å². The Labute approximate surface area is 136 Å². The minimum absolute atomic E-state index is 0.0151. The molecule has 3 rings (SSSR count). The standard InChI is InChI=1S/C19H20N2O2/c1-2-23-17-10-6-9-16(14-17)19(22)21-12-11-20-18(21)13-15-7-4-3-5-8-15/h3-10,14H,2,11-13H2,1H3. The highest BCUT2D eigenvalue weighted by atomic mass is 16.5. The number of ether oxygens (including phenoxy) is 1. The third kappa shape index (κ3) is 3.59. The topological polar surface area (TPSA) is 41.9 Å². The Morgan fingerprint density at radius 1 is 1.17 bits per heavy atom. The number of rotatable bonds is 5. The summed E-state index contributed by atoms with van der Waals surface area (Å²) in [6, 6.07) is 17.4. The number of carbonyl (C=O) groups is 1. The summed E-state index contributed by atoms with van der Waals surface area (Å²) in [5.41, 5.74) is 1.80. The van der Waals surface area contributed by atoms with Crippen LogP contribution in [0.5, 0.6) is 5.75 Å². The maximum atomic E-state index is 12.8. The van der Waals surface area contributed by atoms with Crippen molar-refractivity contribution >= 4 is 11.7 Å². The van der Waals surface area contributed by atoms with Gasteiger partial charge in [-0.1, -0.05) is 36.4 Å². The fourth-order valence-electron chi connectivity index (χ4n) is 2.68. The van der Waals surface area contributed by atoms with Crippen LogP contribution in [0.25, 0.3) is 0 Å². The number of benzene rings is 2. The lowest BCUT2D eigenvalue weighted by Gasteiger charge is -2.19. The van der Waals surface area contributed by atoms with Gasteiger partial charge in [-0.2, -0.15) is 0 Å². The predicted octanol–water partition coefficient (Wildman–Crippen LogP) is 3.18. The Morgan fingerprint density at radius 3 is 2.78 bits per heavy atom. The monoisotopic (exact) mass is 308 g/mol. The second-order valence-corrected chi connectivity index (χ2v) is 5.38. The molecule has 2 aromatic carbocycles. The van der Waals surface area contributed by atoms with Gasteiger partial charge in [0.05, 0.1) is 13.2 Å². The average Bonchev–Trinajstić information content (AvgIpc) is 3.04. The van der Waals surface area contributed by atoms with Crippen molar-refractivity contribution in [3.8, 4) is 5.75 Å². The second-order valence-electron chi connectivity index (χ2n) is 5.38. The number of hydrogen-bond donors (Lipinski definition) is 0. The Hall–Kier alpha value is -2.62. The Morgan fingerprint density at radius 2 is 2.00 bits per heavy atom. The van der Waals surface area contributed by atoms with Gasteiger partial charge in [-0.15, -0.1) is 0 Å². The molecule has 0 saturated carbocycles. The number of nitrogens with zero attached hydrogens (tertiary/aromatic N) is 2. The van der Waals surface area contributed by atoms with Crippen LogP contribution in [-0.2, 0) is 6.42 Å². The normalized spacial score (nSPS) is 13.8. The number of hydrogen-bond acceptors (Lipinski definition) is 3. The van der Waals surface area contributed by atoms with E-state index in [4.69, 9.17) is 4.74 Å². The maximum Gasteiger partial charge on any atom is 0.259 e. The highest BCUT2D eigenvalue weighted by molar-refractivity contribution is 6.07. The molecule has 0 fully saturated rings. The van der Waals surface area contributed by atoms with Crippen LogP contribution in [0.2, 0.25) is 0 Å². The fraction of sp³-hybridized carbons (Fsp3) is 0.263. The molecule has 0 bridgehead atoms. The van der Waals surface area contributed by atoms with E-state index in [1.54, 1.807) is 11.0 Å². The molecule has 23 heavy (non-hydrogen) atoms. The minimum Gasteiger partial charge on any atom is -0.494 e. The van der Waals surface area contributed by atoms with Crippen molar-refractivity contribution in [2.45, 2.75) is 13.3 Å². The van der Waals surface area contributed by atoms with Gasteiger partial charge in [-0.25, -0.2) is 0 Å². The van der Waals surface area contributed by atoms with Crippen molar-refractivity contribution < 1.29 is 9.53 Å². The first kappa shape index (κ1) is 15.3. The smallest absolute Gasteiger partial charge is 0.259 e. The lowest BCUT2D eigenvalue weighted by atomic mass is 10.1. The summed E-state index contributed by atoms with van der Waals surface area (Å²) in [5.74, 6) is 1.54. The number of amides is 1. The summed E-state index contributed by atoms with van der Waals surface area (Å²) in [4.78, 5) is 19.1. The molecule has 0 spiro atoms. The Balaban J connectivity index is 1.76. The van der Waals surface area contributed by atoms with Crippen LogP contribution in [0.4, 0.5) is 0 Å². The van der Waals surface area contributed by atoms with Gasteiger partial charge in [0.2, 0.25) is 0 Å². The van der Waals surface area contributed by atoms with E-state index >= 15 is 0 Å². The van der Waals surface area contributed by atoms with Gasteiger partial charge in [0, 0.05) is 18.5 Å². The second kappa shape index (κ2) is 7.09. The molecule has 1 amide bonds. The van der Waals surface area contributed by atoms with Gasteiger partial charge in [0.1, 0.15) is 11.6 Å². The quantitative estimate of drug-likeness (QED) is 0.851. The summed E-state index contributed by atoms with van der Waals surface area (Å²) in [5, 5.41) is 0. The SMILES string of the molecule is CCOc1cccc(C(=O)N2CCN=C2Cc2ccccc2)c1. The molecule has 1 heterocycles. The molecular formula is C19H20N2O2. The predicted molar refractivity (Wildman–Crippen MR) is 91.1 cm³/mol. The first-order valence-corrected chi connectivity index (χ1v) is 7.90. The zero-order valence-corrected chi connectivity index (χ0v) is 13.2. The van der Waals surface area contributed by atoms with Crippen molar-refractivity contribution in [2.75, 3.05) is 19.7 Å². The molecule has 4 heteroatoms. The first-order chi connectivity index (χ1) is 11.3. The summed E-state index contributed by atoms with van der Waals surface area (Å²) < 4.78 is 5.48. The molecule has 0 aliphatic carbocycles. The van der Waals surface area contributed by atoms with Crippen molar-refractivity contribution in [3.63, 3.8) is 0 Å². The van der Waals surface area contributed by atoms with E-state index in [1.165, 1.54) is 0 Å². The van der Waals surface area contributed by atoms with Gasteiger partial charge < -0.3 is 4.74 Å². The van der Waals surface area contributed by atoms with Gasteiger partial charge >= 0.3 is 0 Å². The van der Waals surface area contributed by atoms with Gasteiger partial charge in [-0.05, 0) is 30.7 Å². The van der Waals surface area contributed by atoms with Crippen molar-refractivity contribution in [1.29, 1.82) is 0 Å². The van der Waals surface area contributed by atoms with Crippen molar-refractivity contribution in [2.24, 2.45) is 4.99 Å². The highest BCUT2D eigenvalue weighted by Crippen LogP contribution is 2.18. The van der Waals surface area contributed by atoms with Crippen LogP contribution in [0.3, 0.4) is 0 Å². The molecule has 0 unspecified atom stereocenters. The largest absolute Gasteiger partial charge is 0.494 e. The number of aliphatic imine (C=N–C) groups is 1. The van der Waals surface area contributed by atoms with Gasteiger partial charge in [0.25, 0.3) is 5.91 Å². The summed E-state index contributed by atoms with van der Waals surface area (Å²) in [6.45, 7) is 3.82. The molecule has 0 aromatic heterocycles. The van der Waals surface area contributed by atoms with E-state index in [2.05, 4.69) is 17.1 Å². The summed E-state index contributed by atoms with van der Waals surface area (Å²) in [6.07, 6.45) is 0.678. The summed E-state index contributed by atoms with van der Waals surface area (Å²) in [7, 11) is 0. The summed E-state index contributed by atoms with van der Waals surface area (Å²) >= 11 is 0. The third-order valence-electron chi connectivity index (χ3n) is 3.77. The van der Waals surface area contributed by atoms with E-state index in [0.29, 0.717) is 31.7 Å². The molecular weight excluding hydrogens is 288 g/mol. The van der Waals surface area contributed by atoms with Crippen LogP contribution in [0.15, 0.2) is 59.6 Å². The van der Waals surface area contributed by atoms with E-state index in [1.807, 2.05) is 43.3 Å². The van der Waals surface area contributed by atoms with Crippen LogP contribution < -0.4 is 4.74 Å². The number of carbonyl (C=O) groups excluding carboxylic acids is 1. The van der Waals surface area contributed by atoms with Gasteiger partial charge in [0.15, 0.2) is 0 Å². The van der Waals surface area contributed by atoms with Crippen LogP contribution in [0, 0.1) is 0 Å². The van der Waals surface area contributed by atoms with Gasteiger partial charge in [-0.3, -0.25) is 14.7 Å². The zero-order chi connectivity index (χ0) is 16.1. The Kier molecular flexibility index (Phi) is 4.71. The van der Waals surface area contributed by atoms with E-state index in [0.717, 1.165) is 17.1 Å². The van der Waals surface area contributed by atoms with Crippen LogP contribution >= 0.6 is 0 Å². The maximum absolute atomic E-state index is 12.8. The minimum atomic E-state index is -0.0151. The lowest BCUT2D eigenvalue weighted by Crippen LogP contribution is -2.35.